The molecule has 0 radical (unpaired) electrons. The van der Waals surface area contributed by atoms with Crippen molar-refractivity contribution in [1.29, 1.82) is 0 Å². The van der Waals surface area contributed by atoms with Crippen molar-refractivity contribution in [2.45, 2.75) is 6.61 Å². The van der Waals surface area contributed by atoms with E-state index in [-0.39, 0.29) is 5.15 Å². The van der Waals surface area contributed by atoms with Gasteiger partial charge in [0.05, 0.1) is 10.5 Å². The lowest BCUT2D eigenvalue weighted by Gasteiger charge is -1.92. The quantitative estimate of drug-likeness (QED) is 0.809. The van der Waals surface area contributed by atoms with Crippen molar-refractivity contribution in [2.24, 2.45) is 0 Å². The van der Waals surface area contributed by atoms with Gasteiger partial charge in [-0.25, -0.2) is 9.97 Å². The molecule has 1 N–H and O–H groups in total. The second-order valence-corrected chi connectivity index (χ2v) is 3.51. The Morgan fingerprint density at radius 3 is 2.93 bits per heavy atom. The first kappa shape index (κ1) is 9.71. The van der Waals surface area contributed by atoms with Crippen LogP contribution < -0.4 is 0 Å². The minimum Gasteiger partial charge on any atom is -0.377 e. The molecule has 0 saturated heterocycles. The first-order chi connectivity index (χ1) is 6.70. The zero-order valence-electron chi connectivity index (χ0n) is 7.34. The Morgan fingerprint density at radius 1 is 1.43 bits per heavy atom. The molecule has 2 aromatic heterocycles. The normalized spacial score (nSPS) is 11.1. The third-order valence-electron chi connectivity index (χ3n) is 1.71. The van der Waals surface area contributed by atoms with E-state index in [2.05, 4.69) is 15.0 Å². The third kappa shape index (κ3) is 1.68. The summed E-state index contributed by atoms with van der Waals surface area (Å²) in [4.78, 5) is 11.2. The molecule has 4 nitrogen and oxygen atoms in total. The van der Waals surface area contributed by atoms with Crippen LogP contribution in [0.3, 0.4) is 0 Å². The number of nitrogens with one attached hydrogen (secondary N) is 1. The standard InChI is InChI=1S/C8H7Cl2N3O/c1-14-3-6-11-5-2-4(9)7(10)13-8(5)12-6/h2H,3H2,1H3,(H,11,12,13). The summed E-state index contributed by atoms with van der Waals surface area (Å²) in [6, 6.07) is 1.69. The van der Waals surface area contributed by atoms with E-state index < -0.39 is 0 Å². The van der Waals surface area contributed by atoms with Crippen molar-refractivity contribution in [3.63, 3.8) is 0 Å². The van der Waals surface area contributed by atoms with Gasteiger partial charge in [-0.1, -0.05) is 23.2 Å². The molecule has 2 aromatic rings. The number of rotatable bonds is 2. The Bertz CT molecular complexity index is 430. The summed E-state index contributed by atoms with van der Waals surface area (Å²) in [5.74, 6) is 0.702. The van der Waals surface area contributed by atoms with Crippen molar-refractivity contribution >= 4 is 34.4 Å². The van der Waals surface area contributed by atoms with Gasteiger partial charge in [0.15, 0.2) is 5.65 Å². The number of fused-ring (bicyclic) bond motifs is 1. The Kier molecular flexibility index (Phi) is 2.58. The van der Waals surface area contributed by atoms with E-state index in [1.807, 2.05) is 0 Å². The number of ether oxygens (including phenoxy) is 1. The lowest BCUT2D eigenvalue weighted by Crippen LogP contribution is -1.88. The number of hydrogen-bond acceptors (Lipinski definition) is 3. The summed E-state index contributed by atoms with van der Waals surface area (Å²) in [5.41, 5.74) is 1.30. The number of hydrogen-bond donors (Lipinski definition) is 1. The van der Waals surface area contributed by atoms with Gasteiger partial charge >= 0.3 is 0 Å². The summed E-state index contributed by atoms with van der Waals surface area (Å²) in [5, 5.41) is 0.668. The van der Waals surface area contributed by atoms with Gasteiger partial charge in [0.1, 0.15) is 17.6 Å². The van der Waals surface area contributed by atoms with Crippen LogP contribution in [-0.2, 0) is 11.3 Å². The van der Waals surface area contributed by atoms with E-state index in [0.717, 1.165) is 5.52 Å². The summed E-state index contributed by atoms with van der Waals surface area (Å²) < 4.78 is 4.93. The minimum atomic E-state index is 0.259. The molecular formula is C8H7Cl2N3O. The Morgan fingerprint density at radius 2 is 2.21 bits per heavy atom. The van der Waals surface area contributed by atoms with Gasteiger partial charge in [0.25, 0.3) is 0 Å². The van der Waals surface area contributed by atoms with Crippen LogP contribution in [0.25, 0.3) is 11.2 Å². The van der Waals surface area contributed by atoms with Gasteiger partial charge in [0.2, 0.25) is 0 Å². The van der Waals surface area contributed by atoms with E-state index in [9.17, 15) is 0 Å². The molecule has 14 heavy (non-hydrogen) atoms. The number of aromatic amines is 1. The Labute approximate surface area is 90.2 Å². The molecule has 0 aliphatic heterocycles. The number of H-pyrrole nitrogens is 1. The molecule has 2 rings (SSSR count). The molecule has 6 heteroatoms. The number of nitrogens with zero attached hydrogens (tertiary/aromatic N) is 2. The van der Waals surface area contributed by atoms with Crippen LogP contribution in [0, 0.1) is 0 Å². The molecule has 0 saturated carbocycles. The highest BCUT2D eigenvalue weighted by atomic mass is 35.5. The molecule has 0 fully saturated rings. The SMILES string of the molecule is COCc1nc2nc(Cl)c(Cl)cc2[nH]1. The van der Waals surface area contributed by atoms with Crippen molar-refractivity contribution in [3.8, 4) is 0 Å². The molecule has 0 aromatic carbocycles. The van der Waals surface area contributed by atoms with Gasteiger partial charge in [-0.15, -0.1) is 0 Å². The highest BCUT2D eigenvalue weighted by Crippen LogP contribution is 2.23. The molecule has 0 spiro atoms. The Balaban J connectivity index is 2.54. The Hall–Kier alpha value is -0.840. The second kappa shape index (κ2) is 3.73. The molecule has 0 unspecified atom stereocenters. The highest BCUT2D eigenvalue weighted by Gasteiger charge is 2.07. The first-order valence-electron chi connectivity index (χ1n) is 3.90. The smallest absolute Gasteiger partial charge is 0.179 e. The van der Waals surface area contributed by atoms with Gasteiger partial charge in [0, 0.05) is 7.11 Å². The molecule has 0 bridgehead atoms. The monoisotopic (exact) mass is 231 g/mol. The van der Waals surface area contributed by atoms with Crippen LogP contribution >= 0.6 is 23.2 Å². The predicted molar refractivity (Wildman–Crippen MR) is 54.6 cm³/mol. The van der Waals surface area contributed by atoms with Crippen LogP contribution in [0.15, 0.2) is 6.07 Å². The number of imidazole rings is 1. The third-order valence-corrected chi connectivity index (χ3v) is 2.39. The molecule has 0 amide bonds. The molecule has 0 atom stereocenters. The maximum absolute atomic E-state index is 5.80. The molecule has 2 heterocycles. The summed E-state index contributed by atoms with van der Waals surface area (Å²) in [6.45, 7) is 0.408. The van der Waals surface area contributed by atoms with Gasteiger partial charge in [-0.3, -0.25) is 0 Å². The van der Waals surface area contributed by atoms with Crippen LogP contribution in [-0.4, -0.2) is 22.1 Å². The summed E-state index contributed by atoms with van der Waals surface area (Å²) in [6.07, 6.45) is 0. The van der Waals surface area contributed by atoms with Gasteiger partial charge < -0.3 is 9.72 Å². The summed E-state index contributed by atoms with van der Waals surface area (Å²) in [7, 11) is 1.60. The van der Waals surface area contributed by atoms with Gasteiger partial charge in [-0.2, -0.15) is 0 Å². The number of pyridine rings is 1. The van der Waals surface area contributed by atoms with Crippen LogP contribution in [0.4, 0.5) is 0 Å². The maximum atomic E-state index is 5.80. The lowest BCUT2D eigenvalue weighted by atomic mass is 10.4. The van der Waals surface area contributed by atoms with Crippen molar-refractivity contribution < 1.29 is 4.74 Å². The largest absolute Gasteiger partial charge is 0.377 e. The fourth-order valence-electron chi connectivity index (χ4n) is 1.15. The van der Waals surface area contributed by atoms with E-state index in [4.69, 9.17) is 27.9 Å². The fraction of sp³-hybridized carbons (Fsp3) is 0.250. The van der Waals surface area contributed by atoms with E-state index in [0.29, 0.717) is 23.1 Å². The van der Waals surface area contributed by atoms with E-state index in [1.54, 1.807) is 13.2 Å². The van der Waals surface area contributed by atoms with E-state index in [1.165, 1.54) is 0 Å². The lowest BCUT2D eigenvalue weighted by molar-refractivity contribution is 0.179. The number of methoxy groups -OCH3 is 1. The van der Waals surface area contributed by atoms with Crippen LogP contribution in [0.1, 0.15) is 5.82 Å². The molecule has 74 valence electrons. The van der Waals surface area contributed by atoms with Gasteiger partial charge in [-0.05, 0) is 6.07 Å². The van der Waals surface area contributed by atoms with Crippen molar-refractivity contribution in [3.05, 3.63) is 22.1 Å². The van der Waals surface area contributed by atoms with E-state index >= 15 is 0 Å². The minimum absolute atomic E-state index is 0.259. The fourth-order valence-corrected chi connectivity index (χ4v) is 1.44. The molecular weight excluding hydrogens is 225 g/mol. The maximum Gasteiger partial charge on any atom is 0.179 e. The topological polar surface area (TPSA) is 50.8 Å². The average Bonchev–Trinajstić information content (AvgIpc) is 2.48. The summed E-state index contributed by atoms with van der Waals surface area (Å²) >= 11 is 11.5. The predicted octanol–water partition coefficient (Wildman–Crippen LogP) is 2.41. The van der Waals surface area contributed by atoms with Crippen molar-refractivity contribution in [1.82, 2.24) is 15.0 Å². The number of halogens is 2. The molecule has 0 aliphatic rings. The van der Waals surface area contributed by atoms with Crippen LogP contribution in [0.5, 0.6) is 0 Å². The van der Waals surface area contributed by atoms with Crippen molar-refractivity contribution in [2.75, 3.05) is 7.11 Å². The first-order valence-corrected chi connectivity index (χ1v) is 4.66. The molecule has 0 aliphatic carbocycles. The second-order valence-electron chi connectivity index (χ2n) is 2.75. The van der Waals surface area contributed by atoms with Crippen LogP contribution in [0.2, 0.25) is 10.2 Å². The highest BCUT2D eigenvalue weighted by molar-refractivity contribution is 6.41. The number of aromatic nitrogens is 3. The zero-order chi connectivity index (χ0) is 10.1. The zero-order valence-corrected chi connectivity index (χ0v) is 8.85. The average molecular weight is 232 g/mol.